The van der Waals surface area contributed by atoms with Gasteiger partial charge in [0, 0.05) is 12.8 Å². The summed E-state index contributed by atoms with van der Waals surface area (Å²) in [5.41, 5.74) is 6.38. The van der Waals surface area contributed by atoms with E-state index in [1.165, 1.54) is 12.1 Å². The molecule has 0 aliphatic carbocycles. The Kier molecular flexibility index (Phi) is 12.5. The van der Waals surface area contributed by atoms with E-state index in [-0.39, 0.29) is 30.9 Å². The number of amides is 3. The third-order valence-electron chi connectivity index (χ3n) is 6.04. The fourth-order valence-corrected chi connectivity index (χ4v) is 3.48. The fourth-order valence-electron chi connectivity index (χ4n) is 3.48. The normalized spacial score (nSPS) is 15.1. The largest absolute Gasteiger partial charge is 0.508 e. The molecule has 0 fully saturated rings. The second-order valence-corrected chi connectivity index (χ2v) is 9.41. The SMILES string of the molecule is CCC(C)C(NC(=O)C(N)CCC(=O)O)C(=O)NC(Cc1ccc(O)cc1)C(=O)NC(C(=O)O)C(C)C. The molecule has 1 aromatic carbocycles. The molecule has 0 aromatic heterocycles. The van der Waals surface area contributed by atoms with Crippen molar-refractivity contribution in [2.45, 2.75) is 77.5 Å². The van der Waals surface area contributed by atoms with E-state index in [0.29, 0.717) is 12.0 Å². The monoisotopic (exact) mass is 522 g/mol. The molecule has 1 rings (SSSR count). The number of nitrogens with two attached hydrogens (primary N) is 1. The van der Waals surface area contributed by atoms with E-state index < -0.39 is 59.7 Å². The smallest absolute Gasteiger partial charge is 0.326 e. The van der Waals surface area contributed by atoms with Gasteiger partial charge in [0.2, 0.25) is 17.7 Å². The molecule has 37 heavy (non-hydrogen) atoms. The van der Waals surface area contributed by atoms with Crippen molar-refractivity contribution >= 4 is 29.7 Å². The summed E-state index contributed by atoms with van der Waals surface area (Å²) in [4.78, 5) is 61.3. The van der Waals surface area contributed by atoms with Crippen LogP contribution in [0.2, 0.25) is 0 Å². The van der Waals surface area contributed by atoms with Crippen LogP contribution in [0.15, 0.2) is 24.3 Å². The molecule has 1 aromatic rings. The maximum absolute atomic E-state index is 13.3. The summed E-state index contributed by atoms with van der Waals surface area (Å²) in [7, 11) is 0. The molecule has 0 heterocycles. The Labute approximate surface area is 216 Å². The summed E-state index contributed by atoms with van der Waals surface area (Å²) in [6.07, 6.45) is 0.0471. The first-order valence-corrected chi connectivity index (χ1v) is 12.2. The minimum absolute atomic E-state index is 0.0123. The molecule has 5 atom stereocenters. The number of phenols is 1. The van der Waals surface area contributed by atoms with Crippen LogP contribution in [0.1, 0.15) is 52.5 Å². The molecule has 12 heteroatoms. The van der Waals surface area contributed by atoms with Crippen molar-refractivity contribution in [3.8, 4) is 5.75 Å². The molecule has 0 saturated heterocycles. The van der Waals surface area contributed by atoms with Gasteiger partial charge >= 0.3 is 11.9 Å². The molecule has 0 spiro atoms. The number of hydrogen-bond acceptors (Lipinski definition) is 7. The maximum Gasteiger partial charge on any atom is 0.326 e. The van der Waals surface area contributed by atoms with Crippen LogP contribution in [0.5, 0.6) is 5.75 Å². The van der Waals surface area contributed by atoms with Crippen molar-refractivity contribution < 1.29 is 39.3 Å². The number of benzene rings is 1. The van der Waals surface area contributed by atoms with Gasteiger partial charge in [0.05, 0.1) is 6.04 Å². The topological polar surface area (TPSA) is 208 Å². The Morgan fingerprint density at radius 1 is 0.865 bits per heavy atom. The number of carbonyl (C=O) groups is 5. The lowest BCUT2D eigenvalue weighted by molar-refractivity contribution is -0.143. The molecular weight excluding hydrogens is 484 g/mol. The molecule has 0 saturated carbocycles. The quantitative estimate of drug-likeness (QED) is 0.169. The van der Waals surface area contributed by atoms with Crippen LogP contribution in [0, 0.1) is 11.8 Å². The predicted octanol–water partition coefficient (Wildman–Crippen LogP) is 0.368. The van der Waals surface area contributed by atoms with Gasteiger partial charge in [-0.3, -0.25) is 19.2 Å². The molecule has 0 aliphatic rings. The first-order chi connectivity index (χ1) is 17.3. The molecular formula is C25H38N4O8. The lowest BCUT2D eigenvalue weighted by Gasteiger charge is -2.28. The van der Waals surface area contributed by atoms with Crippen LogP contribution < -0.4 is 21.7 Å². The van der Waals surface area contributed by atoms with E-state index >= 15 is 0 Å². The Morgan fingerprint density at radius 2 is 1.43 bits per heavy atom. The van der Waals surface area contributed by atoms with E-state index in [1.807, 2.05) is 6.92 Å². The van der Waals surface area contributed by atoms with Crippen molar-refractivity contribution in [3.63, 3.8) is 0 Å². The summed E-state index contributed by atoms with van der Waals surface area (Å²) >= 11 is 0. The zero-order valence-electron chi connectivity index (χ0n) is 21.6. The number of aliphatic carboxylic acids is 2. The highest BCUT2D eigenvalue weighted by molar-refractivity contribution is 5.94. The molecule has 206 valence electrons. The van der Waals surface area contributed by atoms with E-state index in [9.17, 15) is 34.2 Å². The van der Waals surface area contributed by atoms with Gasteiger partial charge in [0.25, 0.3) is 0 Å². The Morgan fingerprint density at radius 3 is 1.92 bits per heavy atom. The van der Waals surface area contributed by atoms with Gasteiger partial charge < -0.3 is 37.0 Å². The zero-order chi connectivity index (χ0) is 28.3. The Balaban J connectivity index is 3.16. The standard InChI is InChI=1S/C25H38N4O8/c1-5-14(4)21(29-22(33)17(26)10-11-19(31)32)24(35)27-18(12-15-6-8-16(30)9-7-15)23(34)28-20(13(2)3)25(36)37/h6-9,13-14,17-18,20-21,30H,5,10-12,26H2,1-4H3,(H,27,35)(H,28,34)(H,29,33)(H,31,32)(H,36,37). The van der Waals surface area contributed by atoms with Gasteiger partial charge in [-0.2, -0.15) is 0 Å². The molecule has 3 amide bonds. The summed E-state index contributed by atoms with van der Waals surface area (Å²) in [6, 6.07) is 1.36. The summed E-state index contributed by atoms with van der Waals surface area (Å²) in [5.74, 6) is -5.22. The second kappa shape index (κ2) is 14.8. The van der Waals surface area contributed by atoms with Crippen LogP contribution in [0.4, 0.5) is 0 Å². The van der Waals surface area contributed by atoms with Crippen molar-refractivity contribution in [3.05, 3.63) is 29.8 Å². The highest BCUT2D eigenvalue weighted by Crippen LogP contribution is 2.14. The van der Waals surface area contributed by atoms with E-state index in [1.54, 1.807) is 32.9 Å². The number of rotatable bonds is 15. The van der Waals surface area contributed by atoms with Gasteiger partial charge in [-0.05, 0) is 36.0 Å². The third kappa shape index (κ3) is 10.5. The Hall–Kier alpha value is -3.67. The van der Waals surface area contributed by atoms with Crippen LogP contribution in [-0.4, -0.2) is 69.1 Å². The van der Waals surface area contributed by atoms with Gasteiger partial charge in [-0.15, -0.1) is 0 Å². The maximum atomic E-state index is 13.3. The minimum Gasteiger partial charge on any atom is -0.508 e. The van der Waals surface area contributed by atoms with Gasteiger partial charge in [-0.25, -0.2) is 4.79 Å². The highest BCUT2D eigenvalue weighted by atomic mass is 16.4. The van der Waals surface area contributed by atoms with Crippen LogP contribution in [-0.2, 0) is 30.4 Å². The van der Waals surface area contributed by atoms with Gasteiger partial charge in [0.1, 0.15) is 23.9 Å². The molecule has 8 N–H and O–H groups in total. The van der Waals surface area contributed by atoms with Crippen molar-refractivity contribution in [1.82, 2.24) is 16.0 Å². The summed E-state index contributed by atoms with van der Waals surface area (Å²) < 4.78 is 0. The number of hydrogen-bond donors (Lipinski definition) is 7. The first kappa shape index (κ1) is 31.4. The molecule has 0 bridgehead atoms. The number of nitrogens with one attached hydrogen (secondary N) is 3. The number of carbonyl (C=O) groups excluding carboxylic acids is 3. The summed E-state index contributed by atoms with van der Waals surface area (Å²) in [6.45, 7) is 6.80. The minimum atomic E-state index is -1.22. The zero-order valence-corrected chi connectivity index (χ0v) is 21.6. The first-order valence-electron chi connectivity index (χ1n) is 12.2. The molecule has 0 aliphatic heterocycles. The van der Waals surface area contributed by atoms with E-state index in [0.717, 1.165) is 0 Å². The van der Waals surface area contributed by atoms with E-state index in [4.69, 9.17) is 10.8 Å². The number of carboxylic acid groups (broad SMARTS) is 2. The second-order valence-electron chi connectivity index (χ2n) is 9.41. The van der Waals surface area contributed by atoms with Gasteiger partial charge in [-0.1, -0.05) is 46.2 Å². The van der Waals surface area contributed by atoms with Crippen LogP contribution in [0.25, 0.3) is 0 Å². The molecule has 12 nitrogen and oxygen atoms in total. The van der Waals surface area contributed by atoms with E-state index in [2.05, 4.69) is 16.0 Å². The van der Waals surface area contributed by atoms with Crippen molar-refractivity contribution in [1.29, 1.82) is 0 Å². The van der Waals surface area contributed by atoms with Gasteiger partial charge in [0.15, 0.2) is 0 Å². The number of phenolic OH excluding ortho intramolecular Hbond substituents is 1. The number of aromatic hydroxyl groups is 1. The van der Waals surface area contributed by atoms with Crippen LogP contribution in [0.3, 0.4) is 0 Å². The fraction of sp³-hybridized carbons (Fsp3) is 0.560. The number of carboxylic acids is 2. The molecule has 5 unspecified atom stereocenters. The third-order valence-corrected chi connectivity index (χ3v) is 6.04. The lowest BCUT2D eigenvalue weighted by atomic mass is 9.96. The summed E-state index contributed by atoms with van der Waals surface area (Å²) in [5, 5.41) is 35.5. The lowest BCUT2D eigenvalue weighted by Crippen LogP contribution is -2.59. The van der Waals surface area contributed by atoms with Crippen molar-refractivity contribution in [2.75, 3.05) is 0 Å². The molecule has 0 radical (unpaired) electrons. The van der Waals surface area contributed by atoms with Crippen LogP contribution >= 0.6 is 0 Å². The average molecular weight is 523 g/mol. The Bertz CT molecular complexity index is 951. The predicted molar refractivity (Wildman–Crippen MR) is 134 cm³/mol. The highest BCUT2D eigenvalue weighted by Gasteiger charge is 2.33. The average Bonchev–Trinajstić information content (AvgIpc) is 2.83. The van der Waals surface area contributed by atoms with Crippen molar-refractivity contribution in [2.24, 2.45) is 17.6 Å².